The predicted octanol–water partition coefficient (Wildman–Crippen LogP) is 6.02. The molecule has 36 heavy (non-hydrogen) atoms. The van der Waals surface area contributed by atoms with E-state index in [4.69, 9.17) is 14.6 Å². The highest BCUT2D eigenvalue weighted by atomic mass is 32.1. The fraction of sp³-hybridized carbons (Fsp3) is 0.138. The van der Waals surface area contributed by atoms with Gasteiger partial charge in [-0.2, -0.15) is 0 Å². The van der Waals surface area contributed by atoms with Crippen molar-refractivity contribution >= 4 is 28.1 Å². The third kappa shape index (κ3) is 5.37. The zero-order chi connectivity index (χ0) is 25.2. The second-order valence-electron chi connectivity index (χ2n) is 7.76. The van der Waals surface area contributed by atoms with E-state index in [1.165, 1.54) is 11.3 Å². The maximum Gasteiger partial charge on any atom is 0.362 e. The van der Waals surface area contributed by atoms with Crippen LogP contribution in [0.15, 0.2) is 114 Å². The number of nitrogens with zero attached hydrogens (tertiary/aromatic N) is 2. The Balaban J connectivity index is 1.82. The molecule has 0 saturated carbocycles. The molecule has 0 saturated heterocycles. The van der Waals surface area contributed by atoms with Gasteiger partial charge in [0.25, 0.3) is 0 Å². The number of hydrogen-bond donors (Lipinski definition) is 1. The summed E-state index contributed by atoms with van der Waals surface area (Å²) in [6.07, 6.45) is 1.55. The Morgan fingerprint density at radius 2 is 1.50 bits per heavy atom. The fourth-order valence-electron chi connectivity index (χ4n) is 3.92. The second kappa shape index (κ2) is 12.0. The molecule has 0 aliphatic rings. The van der Waals surface area contributed by atoms with Gasteiger partial charge >= 0.3 is 5.97 Å². The number of benzene rings is 3. The molecule has 1 N–H and O–H groups in total. The van der Waals surface area contributed by atoms with Crippen LogP contribution in [0, 0.1) is 0 Å². The lowest BCUT2D eigenvalue weighted by atomic mass is 9.77. The summed E-state index contributed by atoms with van der Waals surface area (Å²) in [6, 6.07) is 30.7. The number of aromatic nitrogens is 1. The van der Waals surface area contributed by atoms with Crippen molar-refractivity contribution in [1.82, 2.24) is 4.98 Å². The molecular formula is C29H27N3O3S. The predicted molar refractivity (Wildman–Crippen MR) is 144 cm³/mol. The van der Waals surface area contributed by atoms with Crippen LogP contribution < -0.4 is 5.32 Å². The molecule has 0 amide bonds. The first-order valence-electron chi connectivity index (χ1n) is 11.6. The van der Waals surface area contributed by atoms with Gasteiger partial charge in [0.2, 0.25) is 5.71 Å². The largest absolute Gasteiger partial charge is 0.461 e. The Morgan fingerprint density at radius 3 is 1.97 bits per heavy atom. The Morgan fingerprint density at radius 1 is 0.972 bits per heavy atom. The van der Waals surface area contributed by atoms with Gasteiger partial charge in [0.05, 0.1) is 6.61 Å². The monoisotopic (exact) mass is 497 g/mol. The highest BCUT2D eigenvalue weighted by Crippen LogP contribution is 2.40. The van der Waals surface area contributed by atoms with E-state index < -0.39 is 11.5 Å². The molecule has 6 nitrogen and oxygen atoms in total. The molecule has 7 heteroatoms. The molecule has 0 bridgehead atoms. The number of esters is 1. The molecule has 3 aromatic carbocycles. The van der Waals surface area contributed by atoms with Crippen molar-refractivity contribution in [2.75, 3.05) is 18.5 Å². The van der Waals surface area contributed by atoms with Crippen molar-refractivity contribution in [3.63, 3.8) is 0 Å². The van der Waals surface area contributed by atoms with E-state index in [2.05, 4.69) is 53.4 Å². The normalized spacial score (nSPS) is 11.5. The Kier molecular flexibility index (Phi) is 8.26. The van der Waals surface area contributed by atoms with Gasteiger partial charge < -0.3 is 14.9 Å². The number of carbonyl (C=O) groups is 1. The van der Waals surface area contributed by atoms with Crippen molar-refractivity contribution in [2.24, 2.45) is 5.16 Å². The van der Waals surface area contributed by atoms with Crippen LogP contribution in [-0.4, -0.2) is 29.9 Å². The van der Waals surface area contributed by atoms with Crippen molar-refractivity contribution in [1.29, 1.82) is 0 Å². The summed E-state index contributed by atoms with van der Waals surface area (Å²) in [5.74, 6) is -0.598. The standard InChI is InChI=1S/C29H27N3O3S/c1-3-20-35-32-26(27(33)34-4-2)25-21-36-28(30-25)31-29(22-14-8-5-9-15-22,23-16-10-6-11-17-23)24-18-12-7-13-19-24/h3,5-19,21H,1,4,20H2,2H3,(H,30,31). The third-order valence-electron chi connectivity index (χ3n) is 5.48. The molecule has 0 unspecified atom stereocenters. The minimum absolute atomic E-state index is 0.00716. The molecule has 0 aliphatic carbocycles. The molecule has 4 rings (SSSR count). The molecule has 182 valence electrons. The van der Waals surface area contributed by atoms with E-state index in [0.717, 1.165) is 16.7 Å². The zero-order valence-electron chi connectivity index (χ0n) is 20.0. The second-order valence-corrected chi connectivity index (χ2v) is 8.61. The molecule has 0 atom stereocenters. The topological polar surface area (TPSA) is 72.8 Å². The van der Waals surface area contributed by atoms with Crippen molar-refractivity contribution in [3.05, 3.63) is 131 Å². The Labute approximate surface area is 214 Å². The van der Waals surface area contributed by atoms with E-state index in [9.17, 15) is 4.79 Å². The summed E-state index contributed by atoms with van der Waals surface area (Å²) >= 11 is 1.38. The number of thiazole rings is 1. The average molecular weight is 498 g/mol. The first-order valence-corrected chi connectivity index (χ1v) is 12.5. The van der Waals surface area contributed by atoms with E-state index in [0.29, 0.717) is 10.8 Å². The maximum absolute atomic E-state index is 12.6. The molecule has 1 aromatic heterocycles. The number of ether oxygens (including phenoxy) is 1. The number of anilines is 1. The van der Waals surface area contributed by atoms with Crippen LogP contribution in [-0.2, 0) is 19.9 Å². The fourth-order valence-corrected chi connectivity index (χ4v) is 4.67. The van der Waals surface area contributed by atoms with E-state index in [1.54, 1.807) is 18.4 Å². The summed E-state index contributed by atoms with van der Waals surface area (Å²) in [5, 5.41) is 10.1. The lowest BCUT2D eigenvalue weighted by molar-refractivity contribution is -0.135. The highest BCUT2D eigenvalue weighted by molar-refractivity contribution is 7.14. The third-order valence-corrected chi connectivity index (χ3v) is 6.24. The molecule has 0 spiro atoms. The molecule has 0 radical (unpaired) electrons. The van der Waals surface area contributed by atoms with Gasteiger partial charge in [0.1, 0.15) is 17.8 Å². The van der Waals surface area contributed by atoms with Crippen molar-refractivity contribution in [3.8, 4) is 0 Å². The number of rotatable bonds is 11. The van der Waals surface area contributed by atoms with Gasteiger partial charge in [0.15, 0.2) is 5.13 Å². The quantitative estimate of drug-likeness (QED) is 0.0685. The van der Waals surface area contributed by atoms with Crippen LogP contribution in [0.4, 0.5) is 5.13 Å². The number of hydrogen-bond acceptors (Lipinski definition) is 7. The lowest BCUT2D eigenvalue weighted by Crippen LogP contribution is -2.38. The summed E-state index contributed by atoms with van der Waals surface area (Å²) in [6.45, 7) is 5.73. The number of carbonyl (C=O) groups excluding carboxylic acids is 1. The van der Waals surface area contributed by atoms with Crippen LogP contribution in [0.3, 0.4) is 0 Å². The Hall–Kier alpha value is -4.23. The van der Waals surface area contributed by atoms with Crippen LogP contribution in [0.5, 0.6) is 0 Å². The molecule has 0 aliphatic heterocycles. The minimum atomic E-state index is -0.737. The Bertz CT molecular complexity index is 1210. The smallest absolute Gasteiger partial charge is 0.362 e. The lowest BCUT2D eigenvalue weighted by Gasteiger charge is -2.36. The SMILES string of the molecule is C=CCON=C(C(=O)OCC)c1csc(NC(c2ccccc2)(c2ccccc2)c2ccccc2)n1. The van der Waals surface area contributed by atoms with Crippen molar-refractivity contribution < 1.29 is 14.4 Å². The van der Waals surface area contributed by atoms with Crippen LogP contribution >= 0.6 is 11.3 Å². The maximum atomic E-state index is 12.6. The van der Waals surface area contributed by atoms with Gasteiger partial charge in [-0.25, -0.2) is 9.78 Å². The van der Waals surface area contributed by atoms with Gasteiger partial charge in [-0.1, -0.05) is 109 Å². The number of nitrogens with one attached hydrogen (secondary N) is 1. The summed E-state index contributed by atoms with van der Waals surface area (Å²) in [5.41, 5.74) is 2.79. The average Bonchev–Trinajstić information content (AvgIpc) is 3.39. The zero-order valence-corrected chi connectivity index (χ0v) is 20.8. The van der Waals surface area contributed by atoms with E-state index in [-0.39, 0.29) is 18.9 Å². The molecule has 4 aromatic rings. The molecule has 1 heterocycles. The summed E-state index contributed by atoms with van der Waals surface area (Å²) in [4.78, 5) is 22.5. The molecule has 0 fully saturated rings. The minimum Gasteiger partial charge on any atom is -0.461 e. The first-order chi connectivity index (χ1) is 17.7. The number of oxime groups is 1. The van der Waals surface area contributed by atoms with Crippen LogP contribution in [0.25, 0.3) is 0 Å². The highest BCUT2D eigenvalue weighted by Gasteiger charge is 2.37. The molecular weight excluding hydrogens is 470 g/mol. The van der Waals surface area contributed by atoms with Crippen LogP contribution in [0.2, 0.25) is 0 Å². The van der Waals surface area contributed by atoms with Gasteiger partial charge in [-0.3, -0.25) is 0 Å². The van der Waals surface area contributed by atoms with Gasteiger partial charge in [-0.05, 0) is 23.6 Å². The van der Waals surface area contributed by atoms with Crippen LogP contribution in [0.1, 0.15) is 29.3 Å². The van der Waals surface area contributed by atoms with Gasteiger partial charge in [0, 0.05) is 5.38 Å². The summed E-state index contributed by atoms with van der Waals surface area (Å²) in [7, 11) is 0. The first kappa shape index (κ1) is 24.9. The van der Waals surface area contributed by atoms with Crippen molar-refractivity contribution in [2.45, 2.75) is 12.5 Å². The van der Waals surface area contributed by atoms with Gasteiger partial charge in [-0.15, -0.1) is 11.3 Å². The van der Waals surface area contributed by atoms with E-state index >= 15 is 0 Å². The summed E-state index contributed by atoms with van der Waals surface area (Å²) < 4.78 is 5.18. The van der Waals surface area contributed by atoms with E-state index in [1.807, 2.05) is 54.6 Å².